The number of nitrogens with zero attached hydrogens (tertiary/aromatic N) is 1. The van der Waals surface area contributed by atoms with E-state index in [0.717, 1.165) is 29.8 Å². The number of nitrogens with one attached hydrogen (secondary N) is 1. The fraction of sp³-hybridized carbons (Fsp3) is 0.692. The van der Waals surface area contributed by atoms with Gasteiger partial charge < -0.3 is 5.32 Å². The molecule has 0 radical (unpaired) electrons. The molecule has 1 heterocycles. The Kier molecular flexibility index (Phi) is 6.46. The van der Waals surface area contributed by atoms with E-state index in [1.165, 1.54) is 15.6 Å². The van der Waals surface area contributed by atoms with Gasteiger partial charge in [0, 0.05) is 25.0 Å². The minimum atomic E-state index is -3.36. The van der Waals surface area contributed by atoms with E-state index in [4.69, 9.17) is 0 Å². The number of thiophene rings is 1. The van der Waals surface area contributed by atoms with Crippen LogP contribution in [0.2, 0.25) is 0 Å². The first kappa shape index (κ1) is 16.6. The largest absolute Gasteiger partial charge is 0.312 e. The van der Waals surface area contributed by atoms with Gasteiger partial charge in [-0.05, 0) is 30.8 Å². The number of aryl methyl sites for hydroxylation is 1. The fourth-order valence-electron chi connectivity index (χ4n) is 1.85. The summed E-state index contributed by atoms with van der Waals surface area (Å²) in [6, 6.07) is 0. The minimum absolute atomic E-state index is 0.497. The first-order valence-electron chi connectivity index (χ1n) is 6.69. The average Bonchev–Trinajstić information content (AvgIpc) is 2.75. The summed E-state index contributed by atoms with van der Waals surface area (Å²) >= 11 is 1.52. The highest BCUT2D eigenvalue weighted by molar-refractivity contribution is 7.89. The molecule has 4 nitrogen and oxygen atoms in total. The molecule has 1 rings (SSSR count). The standard InChI is InChI=1S/C13H24N2O2S2/c1-5-7-8-15(4)19(16,17)13-11(3)10-18-12(13)9-14-6-2/h10,14H,5-9H2,1-4H3. The van der Waals surface area contributed by atoms with E-state index in [2.05, 4.69) is 12.2 Å². The van der Waals surface area contributed by atoms with E-state index in [1.807, 2.05) is 19.2 Å². The Balaban J connectivity index is 3.02. The molecule has 1 aromatic rings. The Labute approximate surface area is 120 Å². The van der Waals surface area contributed by atoms with Crippen LogP contribution in [0.15, 0.2) is 10.3 Å². The number of hydrogen-bond donors (Lipinski definition) is 1. The maximum Gasteiger partial charge on any atom is 0.244 e. The monoisotopic (exact) mass is 304 g/mol. The molecule has 0 unspecified atom stereocenters. The molecule has 6 heteroatoms. The van der Waals surface area contributed by atoms with Crippen molar-refractivity contribution in [2.45, 2.75) is 45.1 Å². The smallest absolute Gasteiger partial charge is 0.244 e. The summed E-state index contributed by atoms with van der Waals surface area (Å²) in [5.41, 5.74) is 0.848. The summed E-state index contributed by atoms with van der Waals surface area (Å²) in [5, 5.41) is 5.12. The van der Waals surface area contributed by atoms with Crippen LogP contribution in [0, 0.1) is 6.92 Å². The van der Waals surface area contributed by atoms with Gasteiger partial charge in [0.2, 0.25) is 10.0 Å². The van der Waals surface area contributed by atoms with Crippen molar-refractivity contribution in [2.24, 2.45) is 0 Å². The zero-order valence-corrected chi connectivity index (χ0v) is 13.8. The molecule has 19 heavy (non-hydrogen) atoms. The molecule has 0 aliphatic heterocycles. The number of hydrogen-bond acceptors (Lipinski definition) is 4. The second-order valence-corrected chi connectivity index (χ2v) is 7.58. The minimum Gasteiger partial charge on any atom is -0.312 e. The van der Waals surface area contributed by atoms with Crippen molar-refractivity contribution >= 4 is 21.4 Å². The van der Waals surface area contributed by atoms with Crippen LogP contribution in [0.1, 0.15) is 37.1 Å². The maximum atomic E-state index is 12.6. The highest BCUT2D eigenvalue weighted by Gasteiger charge is 2.26. The summed E-state index contributed by atoms with van der Waals surface area (Å²) in [4.78, 5) is 1.40. The Bertz CT molecular complexity index is 495. The summed E-state index contributed by atoms with van der Waals surface area (Å²) < 4.78 is 26.7. The Morgan fingerprint density at radius 1 is 1.37 bits per heavy atom. The van der Waals surface area contributed by atoms with Gasteiger partial charge in [0.1, 0.15) is 4.90 Å². The van der Waals surface area contributed by atoms with Gasteiger partial charge in [-0.3, -0.25) is 0 Å². The highest BCUT2D eigenvalue weighted by Crippen LogP contribution is 2.29. The average molecular weight is 304 g/mol. The van der Waals surface area contributed by atoms with Crippen molar-refractivity contribution in [3.05, 3.63) is 15.8 Å². The van der Waals surface area contributed by atoms with E-state index in [-0.39, 0.29) is 0 Å². The van der Waals surface area contributed by atoms with Crippen LogP contribution in [0.4, 0.5) is 0 Å². The highest BCUT2D eigenvalue weighted by atomic mass is 32.2. The second kappa shape index (κ2) is 7.38. The molecular formula is C13H24N2O2S2. The molecule has 1 N–H and O–H groups in total. The summed E-state index contributed by atoms with van der Waals surface area (Å²) in [5.74, 6) is 0. The van der Waals surface area contributed by atoms with Gasteiger partial charge in [0.25, 0.3) is 0 Å². The van der Waals surface area contributed by atoms with E-state index in [0.29, 0.717) is 18.0 Å². The van der Waals surface area contributed by atoms with Crippen LogP contribution in [0.5, 0.6) is 0 Å². The molecule has 1 aromatic heterocycles. The second-order valence-electron chi connectivity index (χ2n) is 4.63. The Morgan fingerprint density at radius 2 is 2.05 bits per heavy atom. The van der Waals surface area contributed by atoms with Crippen molar-refractivity contribution in [3.63, 3.8) is 0 Å². The Hall–Kier alpha value is -0.430. The van der Waals surface area contributed by atoms with Crippen LogP contribution in [0.3, 0.4) is 0 Å². The van der Waals surface area contributed by atoms with E-state index in [9.17, 15) is 8.42 Å². The lowest BCUT2D eigenvalue weighted by molar-refractivity contribution is 0.458. The van der Waals surface area contributed by atoms with Crippen molar-refractivity contribution in [3.8, 4) is 0 Å². The van der Waals surface area contributed by atoms with Crippen molar-refractivity contribution < 1.29 is 8.42 Å². The van der Waals surface area contributed by atoms with Gasteiger partial charge in [0.15, 0.2) is 0 Å². The molecule has 0 bridgehead atoms. The van der Waals surface area contributed by atoms with Crippen LogP contribution >= 0.6 is 11.3 Å². The van der Waals surface area contributed by atoms with E-state index in [1.54, 1.807) is 7.05 Å². The lowest BCUT2D eigenvalue weighted by atomic mass is 10.3. The Morgan fingerprint density at radius 3 is 2.63 bits per heavy atom. The molecule has 0 fully saturated rings. The van der Waals surface area contributed by atoms with Crippen LogP contribution < -0.4 is 5.32 Å². The molecule has 0 saturated carbocycles. The fourth-order valence-corrected chi connectivity index (χ4v) is 4.78. The van der Waals surface area contributed by atoms with E-state index < -0.39 is 10.0 Å². The third-order valence-corrected chi connectivity index (χ3v) is 6.34. The van der Waals surface area contributed by atoms with Crippen LogP contribution in [-0.4, -0.2) is 32.9 Å². The maximum absolute atomic E-state index is 12.6. The van der Waals surface area contributed by atoms with Crippen molar-refractivity contribution in [2.75, 3.05) is 20.1 Å². The molecule has 0 aliphatic rings. The molecule has 0 aliphatic carbocycles. The predicted octanol–water partition coefficient (Wildman–Crippen LogP) is 2.59. The molecule has 0 spiro atoms. The SMILES string of the molecule is CCCCN(C)S(=O)(=O)c1c(C)csc1CNCC. The van der Waals surface area contributed by atoms with Crippen LogP contribution in [-0.2, 0) is 16.6 Å². The number of rotatable bonds is 8. The summed E-state index contributed by atoms with van der Waals surface area (Å²) in [6.45, 7) is 7.98. The number of unbranched alkanes of at least 4 members (excludes halogenated alkanes) is 1. The van der Waals surface area contributed by atoms with Gasteiger partial charge in [0.05, 0.1) is 0 Å². The molecule has 0 saturated heterocycles. The molecule has 0 amide bonds. The zero-order valence-electron chi connectivity index (χ0n) is 12.2. The van der Waals surface area contributed by atoms with Gasteiger partial charge in [-0.2, -0.15) is 0 Å². The summed E-state index contributed by atoms with van der Waals surface area (Å²) in [7, 11) is -1.69. The first-order chi connectivity index (χ1) is 8.95. The molecule has 0 aromatic carbocycles. The van der Waals surface area contributed by atoms with E-state index >= 15 is 0 Å². The normalized spacial score (nSPS) is 12.3. The van der Waals surface area contributed by atoms with Gasteiger partial charge in [-0.15, -0.1) is 11.3 Å². The quantitative estimate of drug-likeness (QED) is 0.803. The molecular weight excluding hydrogens is 280 g/mol. The first-order valence-corrected chi connectivity index (χ1v) is 9.01. The third-order valence-electron chi connectivity index (χ3n) is 3.02. The molecule has 110 valence electrons. The summed E-state index contributed by atoms with van der Waals surface area (Å²) in [6.07, 6.45) is 1.88. The van der Waals surface area contributed by atoms with Crippen molar-refractivity contribution in [1.29, 1.82) is 0 Å². The lowest BCUT2D eigenvalue weighted by Crippen LogP contribution is -2.29. The zero-order chi connectivity index (χ0) is 14.5. The van der Waals surface area contributed by atoms with Gasteiger partial charge in [-0.1, -0.05) is 20.3 Å². The molecule has 0 atom stereocenters. The van der Waals surface area contributed by atoms with Gasteiger partial charge >= 0.3 is 0 Å². The number of sulfonamides is 1. The third kappa shape index (κ3) is 4.02. The van der Waals surface area contributed by atoms with Crippen LogP contribution in [0.25, 0.3) is 0 Å². The predicted molar refractivity (Wildman–Crippen MR) is 81.2 cm³/mol. The lowest BCUT2D eigenvalue weighted by Gasteiger charge is -2.18. The van der Waals surface area contributed by atoms with Gasteiger partial charge in [-0.25, -0.2) is 12.7 Å². The topological polar surface area (TPSA) is 49.4 Å². The van der Waals surface area contributed by atoms with Crippen molar-refractivity contribution in [1.82, 2.24) is 9.62 Å².